The predicted octanol–water partition coefficient (Wildman–Crippen LogP) is 4.19. The molecule has 3 rings (SSSR count). The first-order chi connectivity index (χ1) is 9.56. The van der Waals surface area contributed by atoms with Gasteiger partial charge in [0.2, 0.25) is 0 Å². The summed E-state index contributed by atoms with van der Waals surface area (Å²) < 4.78 is 0.989. The van der Waals surface area contributed by atoms with E-state index in [0.29, 0.717) is 21.9 Å². The molecule has 1 aromatic heterocycles. The van der Waals surface area contributed by atoms with Gasteiger partial charge < -0.3 is 10.1 Å². The van der Waals surface area contributed by atoms with Crippen molar-refractivity contribution in [2.24, 2.45) is 0 Å². The maximum atomic E-state index is 11.2. The van der Waals surface area contributed by atoms with Crippen molar-refractivity contribution in [3.8, 4) is 11.4 Å². The van der Waals surface area contributed by atoms with Crippen molar-refractivity contribution in [2.75, 3.05) is 0 Å². The molecule has 0 unspecified atom stereocenters. The van der Waals surface area contributed by atoms with Crippen molar-refractivity contribution < 1.29 is 9.90 Å². The first kappa shape index (κ1) is 13.4. The molecule has 20 heavy (non-hydrogen) atoms. The molecule has 2 N–H and O–H groups in total. The van der Waals surface area contributed by atoms with E-state index < -0.39 is 5.97 Å². The Balaban J connectivity index is 2.26. The second-order valence-corrected chi connectivity index (χ2v) is 5.82. The molecule has 0 fully saturated rings. The third-order valence-electron chi connectivity index (χ3n) is 2.93. The Morgan fingerprint density at radius 2 is 2.10 bits per heavy atom. The lowest BCUT2D eigenvalue weighted by molar-refractivity contribution is 0.0699. The fraction of sp³-hybridized carbons (Fsp3) is 0. The van der Waals surface area contributed by atoms with Crippen LogP contribution in [0.3, 0.4) is 0 Å². The number of benzene rings is 2. The van der Waals surface area contributed by atoms with Gasteiger partial charge in [0.25, 0.3) is 0 Å². The topological polar surface area (TPSA) is 66.0 Å². The zero-order chi connectivity index (χ0) is 14.3. The highest BCUT2D eigenvalue weighted by molar-refractivity contribution is 14.1. The van der Waals surface area contributed by atoms with E-state index in [-0.39, 0.29) is 5.56 Å². The van der Waals surface area contributed by atoms with Crippen LogP contribution in [0.15, 0.2) is 36.4 Å². The highest BCUT2D eigenvalue weighted by Crippen LogP contribution is 2.28. The molecular formula is C14H8ClIN2O2. The number of hydrogen-bond donors (Lipinski definition) is 2. The second kappa shape index (κ2) is 5.06. The molecule has 0 saturated carbocycles. The van der Waals surface area contributed by atoms with Gasteiger partial charge in [0.15, 0.2) is 0 Å². The fourth-order valence-corrected chi connectivity index (χ4v) is 2.77. The third kappa shape index (κ3) is 2.27. The highest BCUT2D eigenvalue weighted by atomic mass is 127. The predicted molar refractivity (Wildman–Crippen MR) is 86.2 cm³/mol. The van der Waals surface area contributed by atoms with Crippen LogP contribution in [0.1, 0.15) is 10.4 Å². The molecule has 0 aliphatic rings. The normalized spacial score (nSPS) is 10.9. The molecule has 3 aromatic rings. The number of carboxylic acid groups (broad SMARTS) is 1. The van der Waals surface area contributed by atoms with Crippen LogP contribution in [0.2, 0.25) is 5.02 Å². The van der Waals surface area contributed by atoms with E-state index in [1.54, 1.807) is 18.2 Å². The number of aromatic nitrogens is 2. The molecule has 0 amide bonds. The lowest BCUT2D eigenvalue weighted by atomic mass is 10.2. The molecule has 2 aromatic carbocycles. The molecule has 0 bridgehead atoms. The first-order valence-electron chi connectivity index (χ1n) is 5.73. The number of nitrogens with zero attached hydrogens (tertiary/aromatic N) is 1. The van der Waals surface area contributed by atoms with E-state index in [1.165, 1.54) is 6.07 Å². The number of carbonyl (C=O) groups is 1. The van der Waals surface area contributed by atoms with Crippen LogP contribution < -0.4 is 0 Å². The quantitative estimate of drug-likeness (QED) is 0.636. The Hall–Kier alpha value is -1.60. The van der Waals surface area contributed by atoms with E-state index in [2.05, 4.69) is 32.6 Å². The molecule has 0 radical (unpaired) electrons. The maximum absolute atomic E-state index is 11.2. The van der Waals surface area contributed by atoms with Crippen molar-refractivity contribution in [2.45, 2.75) is 0 Å². The summed E-state index contributed by atoms with van der Waals surface area (Å²) in [6.45, 7) is 0. The highest BCUT2D eigenvalue weighted by Gasteiger charge is 2.14. The molecule has 0 spiro atoms. The number of nitrogens with one attached hydrogen (secondary N) is 1. The standard InChI is InChI=1S/C14H8ClIN2O2/c15-7-4-5-10(16)9(6-7)13-17-11-3-1-2-8(14(19)20)12(11)18-13/h1-6H,(H,17,18)(H,19,20). The van der Waals surface area contributed by atoms with E-state index in [1.807, 2.05) is 12.1 Å². The summed E-state index contributed by atoms with van der Waals surface area (Å²) in [6.07, 6.45) is 0. The Morgan fingerprint density at radius 1 is 1.30 bits per heavy atom. The lowest BCUT2D eigenvalue weighted by Crippen LogP contribution is -1.96. The number of hydrogen-bond acceptors (Lipinski definition) is 2. The van der Waals surface area contributed by atoms with Gasteiger partial charge in [-0.1, -0.05) is 17.7 Å². The Bertz CT molecular complexity index is 829. The van der Waals surface area contributed by atoms with Crippen LogP contribution >= 0.6 is 34.2 Å². The van der Waals surface area contributed by atoms with Crippen molar-refractivity contribution >= 4 is 51.2 Å². The van der Waals surface area contributed by atoms with Crippen LogP contribution in [0.25, 0.3) is 22.4 Å². The second-order valence-electron chi connectivity index (χ2n) is 4.22. The summed E-state index contributed by atoms with van der Waals surface area (Å²) in [5.74, 6) is -0.380. The fourth-order valence-electron chi connectivity index (χ4n) is 2.01. The van der Waals surface area contributed by atoms with Gasteiger partial charge >= 0.3 is 5.97 Å². The minimum absolute atomic E-state index is 0.182. The number of aromatic amines is 1. The van der Waals surface area contributed by atoms with Gasteiger partial charge in [0.05, 0.1) is 11.1 Å². The monoisotopic (exact) mass is 398 g/mol. The van der Waals surface area contributed by atoms with Crippen LogP contribution in [0.5, 0.6) is 0 Å². The average molecular weight is 399 g/mol. The Labute approximate surface area is 132 Å². The van der Waals surface area contributed by atoms with E-state index in [9.17, 15) is 9.90 Å². The summed E-state index contributed by atoms with van der Waals surface area (Å²) in [6, 6.07) is 10.5. The lowest BCUT2D eigenvalue weighted by Gasteiger charge is -2.01. The van der Waals surface area contributed by atoms with Gasteiger partial charge in [-0.05, 0) is 52.9 Å². The summed E-state index contributed by atoms with van der Waals surface area (Å²) in [5, 5.41) is 9.80. The number of H-pyrrole nitrogens is 1. The van der Waals surface area contributed by atoms with Crippen molar-refractivity contribution in [3.05, 3.63) is 50.6 Å². The van der Waals surface area contributed by atoms with Gasteiger partial charge in [0.1, 0.15) is 11.3 Å². The zero-order valence-electron chi connectivity index (χ0n) is 10.0. The van der Waals surface area contributed by atoms with Gasteiger partial charge in [-0.15, -0.1) is 0 Å². The average Bonchev–Trinajstić information content (AvgIpc) is 2.84. The molecule has 0 atom stereocenters. The van der Waals surface area contributed by atoms with E-state index in [4.69, 9.17) is 11.6 Å². The summed E-state index contributed by atoms with van der Waals surface area (Å²) in [4.78, 5) is 18.7. The summed E-state index contributed by atoms with van der Waals surface area (Å²) in [5.41, 5.74) is 2.18. The number of carboxylic acids is 1. The number of para-hydroxylation sites is 1. The van der Waals surface area contributed by atoms with Gasteiger partial charge in [-0.2, -0.15) is 0 Å². The first-order valence-corrected chi connectivity index (χ1v) is 7.19. The number of aromatic carboxylic acids is 1. The van der Waals surface area contributed by atoms with E-state index >= 15 is 0 Å². The van der Waals surface area contributed by atoms with Crippen LogP contribution in [-0.4, -0.2) is 21.0 Å². The van der Waals surface area contributed by atoms with Crippen LogP contribution in [0, 0.1) is 3.57 Å². The van der Waals surface area contributed by atoms with Gasteiger partial charge in [-0.3, -0.25) is 0 Å². The Morgan fingerprint density at radius 3 is 2.85 bits per heavy atom. The number of rotatable bonds is 2. The summed E-state index contributed by atoms with van der Waals surface area (Å²) in [7, 11) is 0. The van der Waals surface area contributed by atoms with Crippen molar-refractivity contribution in [1.82, 2.24) is 9.97 Å². The minimum atomic E-state index is -0.991. The molecular weight excluding hydrogens is 391 g/mol. The molecule has 0 aliphatic heterocycles. The SMILES string of the molecule is O=C(O)c1cccc2[nH]c(-c3cc(Cl)ccc3I)nc12. The van der Waals surface area contributed by atoms with Crippen molar-refractivity contribution in [1.29, 1.82) is 0 Å². The van der Waals surface area contributed by atoms with Crippen LogP contribution in [-0.2, 0) is 0 Å². The largest absolute Gasteiger partial charge is 0.478 e. The molecule has 1 heterocycles. The Kier molecular flexibility index (Phi) is 3.39. The molecule has 4 nitrogen and oxygen atoms in total. The number of fused-ring (bicyclic) bond motifs is 1. The minimum Gasteiger partial charge on any atom is -0.478 e. The number of imidazole rings is 1. The van der Waals surface area contributed by atoms with E-state index in [0.717, 1.165) is 9.13 Å². The number of halogens is 2. The third-order valence-corrected chi connectivity index (χ3v) is 4.10. The maximum Gasteiger partial charge on any atom is 0.337 e. The summed E-state index contributed by atoms with van der Waals surface area (Å²) >= 11 is 8.20. The molecule has 0 aliphatic carbocycles. The van der Waals surface area contributed by atoms with Crippen LogP contribution in [0.4, 0.5) is 0 Å². The van der Waals surface area contributed by atoms with Gasteiger partial charge in [0, 0.05) is 14.2 Å². The van der Waals surface area contributed by atoms with Gasteiger partial charge in [-0.25, -0.2) is 9.78 Å². The van der Waals surface area contributed by atoms with Crippen molar-refractivity contribution in [3.63, 3.8) is 0 Å². The molecule has 6 heteroatoms. The smallest absolute Gasteiger partial charge is 0.337 e. The molecule has 100 valence electrons. The zero-order valence-corrected chi connectivity index (χ0v) is 12.9. The molecule has 0 saturated heterocycles.